The first-order valence-corrected chi connectivity index (χ1v) is 6.72. The van der Waals surface area contributed by atoms with Gasteiger partial charge in [-0.1, -0.05) is 12.1 Å². The molecule has 1 unspecified atom stereocenters. The topological polar surface area (TPSA) is 67.6 Å². The molecule has 0 radical (unpaired) electrons. The Bertz CT molecular complexity index is 642. The first-order chi connectivity index (χ1) is 10.5. The molecule has 0 spiro atoms. The van der Waals surface area contributed by atoms with Gasteiger partial charge in [0.25, 0.3) is 11.8 Å². The fraction of sp³-hybridized carbons (Fsp3) is 0.333. The Morgan fingerprint density at radius 1 is 1.45 bits per heavy atom. The van der Waals surface area contributed by atoms with E-state index in [1.165, 1.54) is 25.3 Å². The van der Waals surface area contributed by atoms with E-state index in [0.29, 0.717) is 6.54 Å². The molecule has 1 heterocycles. The second-order valence-electron chi connectivity index (χ2n) is 4.98. The van der Waals surface area contributed by atoms with E-state index in [1.807, 2.05) is 25.1 Å². The summed E-state index contributed by atoms with van der Waals surface area (Å²) >= 11 is 0. The van der Waals surface area contributed by atoms with Gasteiger partial charge in [0, 0.05) is 6.54 Å². The maximum absolute atomic E-state index is 13.4. The smallest absolute Gasteiger partial charge is 0.290 e. The van der Waals surface area contributed by atoms with Crippen molar-refractivity contribution in [3.8, 4) is 5.88 Å². The van der Waals surface area contributed by atoms with Gasteiger partial charge < -0.3 is 19.5 Å². The van der Waals surface area contributed by atoms with Crippen molar-refractivity contribution >= 4 is 5.91 Å². The zero-order valence-corrected chi connectivity index (χ0v) is 12.7. The van der Waals surface area contributed by atoms with Crippen molar-refractivity contribution < 1.29 is 18.4 Å². The lowest BCUT2D eigenvalue weighted by molar-refractivity contribution is 0.0904. The molecule has 1 aromatic heterocycles. The van der Waals surface area contributed by atoms with Crippen LogP contribution in [-0.4, -0.2) is 43.7 Å². The van der Waals surface area contributed by atoms with Gasteiger partial charge in [0.2, 0.25) is 5.76 Å². The molecular weight excluding hydrogens is 289 g/mol. The third-order valence-corrected chi connectivity index (χ3v) is 3.23. The predicted molar refractivity (Wildman–Crippen MR) is 78.2 cm³/mol. The van der Waals surface area contributed by atoms with Crippen molar-refractivity contribution in [2.45, 2.75) is 6.04 Å². The SMILES string of the molecule is COc1cc(C(=O)NCC(c2cccc(F)c2)N(C)C)on1. The van der Waals surface area contributed by atoms with Crippen LogP contribution in [0.1, 0.15) is 22.2 Å². The molecule has 0 aliphatic carbocycles. The van der Waals surface area contributed by atoms with Crippen molar-refractivity contribution in [1.29, 1.82) is 0 Å². The summed E-state index contributed by atoms with van der Waals surface area (Å²) in [5.41, 5.74) is 0.778. The third kappa shape index (κ3) is 3.82. The number of nitrogens with zero attached hydrogens (tertiary/aromatic N) is 2. The minimum absolute atomic E-state index is 0.0635. The number of methoxy groups -OCH3 is 1. The molecule has 1 atom stereocenters. The van der Waals surface area contributed by atoms with Gasteiger partial charge in [-0.15, -0.1) is 0 Å². The van der Waals surface area contributed by atoms with Gasteiger partial charge in [0.15, 0.2) is 0 Å². The monoisotopic (exact) mass is 307 g/mol. The summed E-state index contributed by atoms with van der Waals surface area (Å²) in [4.78, 5) is 13.9. The van der Waals surface area contributed by atoms with Crippen LogP contribution in [0.15, 0.2) is 34.9 Å². The molecule has 2 aromatic rings. The lowest BCUT2D eigenvalue weighted by atomic mass is 10.1. The lowest BCUT2D eigenvalue weighted by Gasteiger charge is -2.24. The number of hydrogen-bond donors (Lipinski definition) is 1. The van der Waals surface area contributed by atoms with Crippen LogP contribution >= 0.6 is 0 Å². The molecule has 0 fully saturated rings. The van der Waals surface area contributed by atoms with E-state index in [0.717, 1.165) is 5.56 Å². The zero-order chi connectivity index (χ0) is 16.1. The molecule has 2 rings (SSSR count). The number of hydrogen-bond acceptors (Lipinski definition) is 5. The van der Waals surface area contributed by atoms with Gasteiger partial charge in [-0.25, -0.2) is 4.39 Å². The number of halogens is 1. The standard InChI is InChI=1S/C15H18FN3O3/c1-19(2)12(10-5-4-6-11(16)7-10)9-17-15(20)13-8-14(21-3)18-22-13/h4-8,12H,9H2,1-3H3,(H,17,20). The van der Waals surface area contributed by atoms with Gasteiger partial charge in [-0.05, 0) is 36.9 Å². The average Bonchev–Trinajstić information content (AvgIpc) is 2.96. The third-order valence-electron chi connectivity index (χ3n) is 3.23. The largest absolute Gasteiger partial charge is 0.479 e. The second-order valence-corrected chi connectivity index (χ2v) is 4.98. The average molecular weight is 307 g/mol. The Morgan fingerprint density at radius 2 is 2.23 bits per heavy atom. The fourth-order valence-electron chi connectivity index (χ4n) is 2.05. The number of amides is 1. The molecule has 7 heteroatoms. The van der Waals surface area contributed by atoms with E-state index in [2.05, 4.69) is 10.5 Å². The molecule has 6 nitrogen and oxygen atoms in total. The molecule has 1 aromatic carbocycles. The van der Waals surface area contributed by atoms with Crippen molar-refractivity contribution in [3.63, 3.8) is 0 Å². The van der Waals surface area contributed by atoms with Gasteiger partial charge >= 0.3 is 0 Å². The summed E-state index contributed by atoms with van der Waals surface area (Å²) in [6.45, 7) is 0.304. The summed E-state index contributed by atoms with van der Waals surface area (Å²) < 4.78 is 23.1. The number of rotatable bonds is 6. The van der Waals surface area contributed by atoms with Gasteiger partial charge in [0.05, 0.1) is 19.2 Å². The van der Waals surface area contributed by atoms with Crippen LogP contribution in [-0.2, 0) is 0 Å². The molecular formula is C15H18FN3O3. The predicted octanol–water partition coefficient (Wildman–Crippen LogP) is 1.85. The molecule has 22 heavy (non-hydrogen) atoms. The van der Waals surface area contributed by atoms with Crippen molar-refractivity contribution in [2.75, 3.05) is 27.7 Å². The Labute approximate surface area is 127 Å². The summed E-state index contributed by atoms with van der Waals surface area (Å²) in [5, 5.41) is 6.31. The summed E-state index contributed by atoms with van der Waals surface area (Å²) in [6, 6.07) is 7.54. The number of carbonyl (C=O) groups is 1. The normalized spacial score (nSPS) is 12.2. The van der Waals surface area contributed by atoms with E-state index >= 15 is 0 Å². The van der Waals surface area contributed by atoms with Crippen molar-refractivity contribution in [3.05, 3.63) is 47.5 Å². The zero-order valence-electron chi connectivity index (χ0n) is 12.7. The molecule has 0 bridgehead atoms. The minimum atomic E-state index is -0.404. The quantitative estimate of drug-likeness (QED) is 0.882. The van der Waals surface area contributed by atoms with E-state index in [-0.39, 0.29) is 23.5 Å². The van der Waals surface area contributed by atoms with Crippen LogP contribution in [0.5, 0.6) is 5.88 Å². The molecule has 0 aliphatic heterocycles. The van der Waals surface area contributed by atoms with E-state index in [9.17, 15) is 9.18 Å². The number of nitrogens with one attached hydrogen (secondary N) is 1. The number of ether oxygens (including phenoxy) is 1. The van der Waals surface area contributed by atoms with Gasteiger partial charge in [0.1, 0.15) is 5.82 Å². The lowest BCUT2D eigenvalue weighted by Crippen LogP contribution is -2.34. The molecule has 1 N–H and O–H groups in total. The summed E-state index contributed by atoms with van der Waals surface area (Å²) in [7, 11) is 5.16. The highest BCUT2D eigenvalue weighted by Crippen LogP contribution is 2.18. The second kappa shape index (κ2) is 7.04. The Morgan fingerprint density at radius 3 is 2.82 bits per heavy atom. The van der Waals surface area contributed by atoms with E-state index in [1.54, 1.807) is 6.07 Å². The minimum Gasteiger partial charge on any atom is -0.479 e. The fourth-order valence-corrected chi connectivity index (χ4v) is 2.05. The van der Waals surface area contributed by atoms with Crippen molar-refractivity contribution in [2.24, 2.45) is 0 Å². The maximum atomic E-state index is 13.4. The van der Waals surface area contributed by atoms with Gasteiger partial charge in [-0.2, -0.15) is 0 Å². The number of aromatic nitrogens is 1. The highest BCUT2D eigenvalue weighted by atomic mass is 19.1. The maximum Gasteiger partial charge on any atom is 0.290 e. The van der Waals surface area contributed by atoms with Crippen LogP contribution in [0.4, 0.5) is 4.39 Å². The van der Waals surface area contributed by atoms with Crippen LogP contribution < -0.4 is 10.1 Å². The summed E-state index contributed by atoms with van der Waals surface area (Å²) in [5.74, 6) is -0.414. The van der Waals surface area contributed by atoms with Crippen molar-refractivity contribution in [1.82, 2.24) is 15.4 Å². The van der Waals surface area contributed by atoms with E-state index < -0.39 is 5.91 Å². The Hall–Kier alpha value is -2.41. The van der Waals surface area contributed by atoms with E-state index in [4.69, 9.17) is 9.26 Å². The molecule has 0 saturated carbocycles. The summed E-state index contributed by atoms with van der Waals surface area (Å²) in [6.07, 6.45) is 0. The Kier molecular flexibility index (Phi) is 5.11. The highest BCUT2D eigenvalue weighted by molar-refractivity contribution is 5.91. The van der Waals surface area contributed by atoms with Crippen LogP contribution in [0.25, 0.3) is 0 Å². The molecule has 118 valence electrons. The molecule has 0 saturated heterocycles. The van der Waals surface area contributed by atoms with Gasteiger partial charge in [-0.3, -0.25) is 4.79 Å². The van der Waals surface area contributed by atoms with Crippen LogP contribution in [0.3, 0.4) is 0 Å². The first-order valence-electron chi connectivity index (χ1n) is 6.72. The molecule has 0 aliphatic rings. The number of carbonyl (C=O) groups excluding carboxylic acids is 1. The first kappa shape index (κ1) is 16.0. The highest BCUT2D eigenvalue weighted by Gasteiger charge is 2.18. The molecule has 1 amide bonds. The number of likely N-dealkylation sites (N-methyl/N-ethyl adjacent to an activating group) is 1. The van der Waals surface area contributed by atoms with Crippen LogP contribution in [0.2, 0.25) is 0 Å². The Balaban J connectivity index is 2.04. The number of benzene rings is 1. The van der Waals surface area contributed by atoms with Crippen LogP contribution in [0, 0.1) is 5.82 Å².